The van der Waals surface area contributed by atoms with Gasteiger partial charge in [-0.25, -0.2) is 4.79 Å². The third kappa shape index (κ3) is 9.53. The molecule has 0 aliphatic heterocycles. The monoisotopic (exact) mass is 398 g/mol. The second-order valence-electron chi connectivity index (χ2n) is 8.67. The van der Waals surface area contributed by atoms with Crippen LogP contribution in [0.4, 0.5) is 4.79 Å². The van der Waals surface area contributed by atoms with Gasteiger partial charge < -0.3 is 20.1 Å². The predicted octanol–water partition coefficient (Wildman–Crippen LogP) is 3.06. The summed E-state index contributed by atoms with van der Waals surface area (Å²) in [5.74, 6) is 0.326. The fraction of sp³-hybridized carbons (Fsp3) is 0.857. The number of amides is 2. The first-order chi connectivity index (χ1) is 13.2. The first-order valence-electron chi connectivity index (χ1n) is 10.5. The Balaban J connectivity index is 2.67. The molecule has 1 saturated carbocycles. The molecule has 0 aromatic carbocycles. The molecule has 1 fully saturated rings. The fourth-order valence-corrected chi connectivity index (χ4v) is 3.51. The van der Waals surface area contributed by atoms with Gasteiger partial charge in [0.25, 0.3) is 0 Å². The van der Waals surface area contributed by atoms with Crippen LogP contribution in [0.2, 0.25) is 0 Å². The molecule has 7 heteroatoms. The molecule has 1 aliphatic carbocycles. The Hall–Kier alpha value is -1.63. The van der Waals surface area contributed by atoms with Crippen LogP contribution in [0.25, 0.3) is 0 Å². The highest BCUT2D eigenvalue weighted by atomic mass is 16.5. The fourth-order valence-electron chi connectivity index (χ4n) is 3.51. The van der Waals surface area contributed by atoms with Crippen LogP contribution in [0.5, 0.6) is 0 Å². The Kier molecular flexibility index (Phi) is 11.1. The number of carbonyl (C=O) groups excluding carboxylic acids is 3. The average molecular weight is 399 g/mol. The number of rotatable bonds is 12. The molecule has 1 aliphatic rings. The number of ether oxygens (including phenoxy) is 2. The number of alkyl carbamates (subject to hydrolysis) is 1. The maximum absolute atomic E-state index is 12.8. The number of carbonyl (C=O) groups is 3. The molecule has 0 unspecified atom stereocenters. The lowest BCUT2D eigenvalue weighted by Gasteiger charge is -2.24. The van der Waals surface area contributed by atoms with Crippen LogP contribution in [0, 0.1) is 17.8 Å². The second kappa shape index (κ2) is 12.8. The van der Waals surface area contributed by atoms with Gasteiger partial charge in [-0.05, 0) is 43.4 Å². The van der Waals surface area contributed by atoms with Gasteiger partial charge in [-0.15, -0.1) is 0 Å². The maximum Gasteiger partial charge on any atom is 0.407 e. The molecule has 2 N–H and O–H groups in total. The smallest absolute Gasteiger partial charge is 0.407 e. The van der Waals surface area contributed by atoms with E-state index in [-0.39, 0.29) is 30.1 Å². The van der Waals surface area contributed by atoms with Crippen LogP contribution >= 0.6 is 0 Å². The molecule has 0 saturated heterocycles. The molecular formula is C21H38N2O5. The van der Waals surface area contributed by atoms with E-state index in [2.05, 4.69) is 10.6 Å². The summed E-state index contributed by atoms with van der Waals surface area (Å²) in [4.78, 5) is 37.3. The van der Waals surface area contributed by atoms with Crippen LogP contribution in [0.15, 0.2) is 0 Å². The van der Waals surface area contributed by atoms with Crippen LogP contribution in [-0.4, -0.2) is 50.2 Å². The Labute approximate surface area is 169 Å². The van der Waals surface area contributed by atoms with Gasteiger partial charge in [0.2, 0.25) is 5.91 Å². The van der Waals surface area contributed by atoms with Crippen molar-refractivity contribution in [3.8, 4) is 0 Å². The van der Waals surface area contributed by atoms with Gasteiger partial charge in [0.1, 0.15) is 12.6 Å². The van der Waals surface area contributed by atoms with Crippen molar-refractivity contribution in [3.63, 3.8) is 0 Å². The van der Waals surface area contributed by atoms with E-state index in [0.717, 1.165) is 12.8 Å². The van der Waals surface area contributed by atoms with Crippen LogP contribution < -0.4 is 10.6 Å². The van der Waals surface area contributed by atoms with Gasteiger partial charge in [-0.2, -0.15) is 0 Å². The first kappa shape index (κ1) is 24.4. The van der Waals surface area contributed by atoms with Crippen molar-refractivity contribution in [2.24, 2.45) is 17.8 Å². The van der Waals surface area contributed by atoms with Crippen molar-refractivity contribution in [2.45, 2.75) is 78.3 Å². The normalized spacial score (nSPS) is 16.8. The standard InChI is InChI=1S/C21H38N2O5/c1-14(2)10-17(19(24)13-27-5)22-20(25)18(11-15(3)4)23-21(26)28-12-16-8-6-7-9-16/h14-18H,6-13H2,1-5H3,(H,22,25)(H,23,26)/t17-,18-/m0/s1. The summed E-state index contributed by atoms with van der Waals surface area (Å²) in [5.41, 5.74) is 0. The van der Waals surface area contributed by atoms with Gasteiger partial charge >= 0.3 is 6.09 Å². The molecule has 0 heterocycles. The molecule has 2 amide bonds. The van der Waals surface area contributed by atoms with Crippen molar-refractivity contribution in [1.82, 2.24) is 10.6 Å². The highest BCUT2D eigenvalue weighted by Crippen LogP contribution is 2.24. The van der Waals surface area contributed by atoms with Crippen LogP contribution in [-0.2, 0) is 19.1 Å². The number of nitrogens with one attached hydrogen (secondary N) is 2. The van der Waals surface area contributed by atoms with Gasteiger partial charge in [-0.1, -0.05) is 40.5 Å². The molecule has 7 nitrogen and oxygen atoms in total. The summed E-state index contributed by atoms with van der Waals surface area (Å²) >= 11 is 0. The van der Waals surface area contributed by atoms with E-state index in [1.807, 2.05) is 27.7 Å². The summed E-state index contributed by atoms with van der Waals surface area (Å²) in [5, 5.41) is 5.49. The lowest BCUT2D eigenvalue weighted by atomic mass is 9.98. The van der Waals surface area contributed by atoms with E-state index in [0.29, 0.717) is 25.4 Å². The molecule has 0 aromatic rings. The minimum absolute atomic E-state index is 0.0522. The van der Waals surface area contributed by atoms with E-state index >= 15 is 0 Å². The summed E-state index contributed by atoms with van der Waals surface area (Å²) < 4.78 is 10.3. The van der Waals surface area contributed by atoms with Crippen molar-refractivity contribution in [2.75, 3.05) is 20.3 Å². The zero-order valence-electron chi connectivity index (χ0n) is 18.1. The molecule has 162 valence electrons. The topological polar surface area (TPSA) is 93.7 Å². The summed E-state index contributed by atoms with van der Waals surface area (Å²) in [7, 11) is 1.45. The van der Waals surface area contributed by atoms with Crippen molar-refractivity contribution < 1.29 is 23.9 Å². The number of hydrogen-bond acceptors (Lipinski definition) is 5. The molecule has 0 radical (unpaired) electrons. The van der Waals surface area contributed by atoms with Crippen LogP contribution in [0.1, 0.15) is 66.2 Å². The summed E-state index contributed by atoms with van der Waals surface area (Å²) in [6.45, 7) is 8.28. The predicted molar refractivity (Wildman–Crippen MR) is 108 cm³/mol. The molecule has 2 atom stereocenters. The Morgan fingerprint density at radius 3 is 2.04 bits per heavy atom. The average Bonchev–Trinajstić information content (AvgIpc) is 3.11. The Morgan fingerprint density at radius 2 is 1.50 bits per heavy atom. The van der Waals surface area contributed by atoms with Gasteiger partial charge in [0.15, 0.2) is 5.78 Å². The van der Waals surface area contributed by atoms with Gasteiger partial charge in [-0.3, -0.25) is 9.59 Å². The van der Waals surface area contributed by atoms with Gasteiger partial charge in [0.05, 0.1) is 12.6 Å². The molecule has 1 rings (SSSR count). The van der Waals surface area contributed by atoms with E-state index in [4.69, 9.17) is 9.47 Å². The van der Waals surface area contributed by atoms with E-state index in [1.165, 1.54) is 20.0 Å². The quantitative estimate of drug-likeness (QED) is 0.527. The molecule has 0 spiro atoms. The number of Topliss-reactive ketones (excluding diaryl/α,β-unsaturated/α-hetero) is 1. The zero-order valence-corrected chi connectivity index (χ0v) is 18.1. The summed E-state index contributed by atoms with van der Waals surface area (Å²) in [6, 6.07) is -1.36. The number of hydrogen-bond donors (Lipinski definition) is 2. The molecule has 0 aromatic heterocycles. The largest absolute Gasteiger partial charge is 0.449 e. The second-order valence-corrected chi connectivity index (χ2v) is 8.67. The minimum Gasteiger partial charge on any atom is -0.449 e. The molecular weight excluding hydrogens is 360 g/mol. The van der Waals surface area contributed by atoms with Crippen molar-refractivity contribution >= 4 is 17.8 Å². The minimum atomic E-state index is -0.735. The van der Waals surface area contributed by atoms with Crippen molar-refractivity contribution in [1.29, 1.82) is 0 Å². The zero-order chi connectivity index (χ0) is 21.1. The lowest BCUT2D eigenvalue weighted by Crippen LogP contribution is -2.53. The Bertz CT molecular complexity index is 501. The van der Waals surface area contributed by atoms with E-state index in [1.54, 1.807) is 0 Å². The maximum atomic E-state index is 12.8. The van der Waals surface area contributed by atoms with Crippen LogP contribution in [0.3, 0.4) is 0 Å². The Morgan fingerprint density at radius 1 is 0.929 bits per heavy atom. The SMILES string of the molecule is COCC(=O)[C@H](CC(C)C)NC(=O)[C@H](CC(C)C)NC(=O)OCC1CCCC1. The van der Waals surface area contributed by atoms with Gasteiger partial charge in [0, 0.05) is 7.11 Å². The number of ketones is 1. The van der Waals surface area contributed by atoms with Crippen molar-refractivity contribution in [3.05, 3.63) is 0 Å². The van der Waals surface area contributed by atoms with E-state index in [9.17, 15) is 14.4 Å². The highest BCUT2D eigenvalue weighted by molar-refractivity contribution is 5.92. The third-order valence-electron chi connectivity index (χ3n) is 4.94. The highest BCUT2D eigenvalue weighted by Gasteiger charge is 2.28. The van der Waals surface area contributed by atoms with E-state index < -0.39 is 18.2 Å². The molecule has 0 bridgehead atoms. The third-order valence-corrected chi connectivity index (χ3v) is 4.94. The first-order valence-corrected chi connectivity index (χ1v) is 10.5. The lowest BCUT2D eigenvalue weighted by molar-refractivity contribution is -0.131. The number of methoxy groups -OCH3 is 1. The summed E-state index contributed by atoms with van der Waals surface area (Å²) in [6.07, 6.45) is 4.95. The molecule has 28 heavy (non-hydrogen) atoms.